The number of nitrogens with one attached hydrogen (secondary N) is 1. The van der Waals surface area contributed by atoms with E-state index in [-0.39, 0.29) is 12.5 Å². The number of aromatic nitrogens is 1. The van der Waals surface area contributed by atoms with Crippen LogP contribution in [0.25, 0.3) is 5.69 Å². The van der Waals surface area contributed by atoms with Gasteiger partial charge in [-0.3, -0.25) is 4.79 Å². The van der Waals surface area contributed by atoms with Gasteiger partial charge in [-0.1, -0.05) is 12.8 Å². The van der Waals surface area contributed by atoms with Gasteiger partial charge < -0.3 is 15.0 Å². The molecule has 0 aliphatic heterocycles. The van der Waals surface area contributed by atoms with E-state index in [0.29, 0.717) is 5.56 Å². The Morgan fingerprint density at radius 1 is 1.14 bits per heavy atom. The van der Waals surface area contributed by atoms with E-state index >= 15 is 0 Å². The molecule has 0 atom stereocenters. The minimum absolute atomic E-state index is 0.0141. The standard InChI is InChI=1S/C17H20N2O2/c20-13-17(9-1-2-10-17)18-16(21)14-5-7-15(8-6-14)19-11-3-4-12-19/h3-8,11-12,20H,1-2,9-10,13H2,(H,18,21). The minimum Gasteiger partial charge on any atom is -0.394 e. The third-order valence-corrected chi connectivity index (χ3v) is 4.27. The van der Waals surface area contributed by atoms with Gasteiger partial charge >= 0.3 is 0 Å². The summed E-state index contributed by atoms with van der Waals surface area (Å²) in [5.74, 6) is -0.106. The molecule has 1 aliphatic rings. The Morgan fingerprint density at radius 2 is 1.76 bits per heavy atom. The molecule has 4 nitrogen and oxygen atoms in total. The first kappa shape index (κ1) is 13.9. The summed E-state index contributed by atoms with van der Waals surface area (Å²) in [5.41, 5.74) is 1.23. The Balaban J connectivity index is 1.73. The quantitative estimate of drug-likeness (QED) is 0.906. The molecular formula is C17H20N2O2. The smallest absolute Gasteiger partial charge is 0.251 e. The Labute approximate surface area is 124 Å². The zero-order valence-electron chi connectivity index (χ0n) is 12.0. The van der Waals surface area contributed by atoms with Gasteiger partial charge in [0.05, 0.1) is 12.1 Å². The second kappa shape index (κ2) is 5.74. The highest BCUT2D eigenvalue weighted by atomic mass is 16.3. The molecule has 21 heavy (non-hydrogen) atoms. The number of rotatable bonds is 4. The predicted molar refractivity (Wildman–Crippen MR) is 81.5 cm³/mol. The molecule has 3 rings (SSSR count). The first-order chi connectivity index (χ1) is 10.2. The van der Waals surface area contributed by atoms with E-state index in [0.717, 1.165) is 31.4 Å². The van der Waals surface area contributed by atoms with Crippen molar-refractivity contribution in [3.05, 3.63) is 54.4 Å². The fourth-order valence-electron chi connectivity index (χ4n) is 2.98. The number of aliphatic hydroxyl groups is 1. The van der Waals surface area contributed by atoms with Gasteiger partial charge in [-0.05, 0) is 49.2 Å². The molecule has 110 valence electrons. The second-order valence-electron chi connectivity index (χ2n) is 5.74. The molecule has 2 aromatic rings. The lowest BCUT2D eigenvalue weighted by Gasteiger charge is -2.28. The maximum absolute atomic E-state index is 12.3. The third-order valence-electron chi connectivity index (χ3n) is 4.27. The summed E-state index contributed by atoms with van der Waals surface area (Å²) < 4.78 is 1.99. The summed E-state index contributed by atoms with van der Waals surface area (Å²) in [7, 11) is 0. The van der Waals surface area contributed by atoms with Crippen molar-refractivity contribution < 1.29 is 9.90 Å². The van der Waals surface area contributed by atoms with Gasteiger partial charge in [0.2, 0.25) is 0 Å². The monoisotopic (exact) mass is 284 g/mol. The van der Waals surface area contributed by atoms with Crippen LogP contribution in [0.2, 0.25) is 0 Å². The van der Waals surface area contributed by atoms with Crippen LogP contribution in [-0.2, 0) is 0 Å². The Morgan fingerprint density at radius 3 is 2.33 bits per heavy atom. The van der Waals surface area contributed by atoms with Crippen LogP contribution < -0.4 is 5.32 Å². The Hall–Kier alpha value is -2.07. The number of aliphatic hydroxyl groups excluding tert-OH is 1. The lowest BCUT2D eigenvalue weighted by molar-refractivity contribution is 0.0838. The van der Waals surface area contributed by atoms with E-state index < -0.39 is 5.54 Å². The molecular weight excluding hydrogens is 264 g/mol. The van der Waals surface area contributed by atoms with E-state index in [1.165, 1.54) is 0 Å². The summed E-state index contributed by atoms with van der Waals surface area (Å²) in [6.45, 7) is 0.0141. The van der Waals surface area contributed by atoms with Crippen molar-refractivity contribution in [2.45, 2.75) is 31.2 Å². The fraction of sp³-hybridized carbons (Fsp3) is 0.353. The minimum atomic E-state index is -0.420. The molecule has 1 aromatic carbocycles. The van der Waals surface area contributed by atoms with Gasteiger partial charge in [0, 0.05) is 23.6 Å². The van der Waals surface area contributed by atoms with Crippen LogP contribution in [0.5, 0.6) is 0 Å². The summed E-state index contributed by atoms with van der Waals surface area (Å²) in [5, 5.41) is 12.6. The second-order valence-corrected chi connectivity index (χ2v) is 5.74. The average molecular weight is 284 g/mol. The molecule has 1 fully saturated rings. The van der Waals surface area contributed by atoms with Crippen LogP contribution in [0.4, 0.5) is 0 Å². The van der Waals surface area contributed by atoms with Gasteiger partial charge in [-0.2, -0.15) is 0 Å². The molecule has 0 bridgehead atoms. The summed E-state index contributed by atoms with van der Waals surface area (Å²) in [4.78, 5) is 12.3. The van der Waals surface area contributed by atoms with Crippen molar-refractivity contribution in [2.24, 2.45) is 0 Å². The molecule has 1 amide bonds. The van der Waals surface area contributed by atoms with Crippen molar-refractivity contribution >= 4 is 5.91 Å². The number of nitrogens with zero attached hydrogens (tertiary/aromatic N) is 1. The Bertz CT molecular complexity index is 596. The molecule has 0 radical (unpaired) electrons. The number of carbonyl (C=O) groups excluding carboxylic acids is 1. The molecule has 0 saturated heterocycles. The normalized spacial score (nSPS) is 16.8. The van der Waals surface area contributed by atoms with Crippen molar-refractivity contribution in [3.63, 3.8) is 0 Å². The van der Waals surface area contributed by atoms with Gasteiger partial charge in [0.1, 0.15) is 0 Å². The Kier molecular flexibility index (Phi) is 3.80. The molecule has 4 heteroatoms. The van der Waals surface area contributed by atoms with Crippen LogP contribution in [0.3, 0.4) is 0 Å². The molecule has 0 unspecified atom stereocenters. The third kappa shape index (κ3) is 2.85. The van der Waals surface area contributed by atoms with Crippen LogP contribution in [0, 0.1) is 0 Å². The van der Waals surface area contributed by atoms with E-state index in [9.17, 15) is 9.90 Å². The average Bonchev–Trinajstić information content (AvgIpc) is 3.19. The first-order valence-corrected chi connectivity index (χ1v) is 7.39. The van der Waals surface area contributed by atoms with Crippen LogP contribution >= 0.6 is 0 Å². The van der Waals surface area contributed by atoms with Crippen LogP contribution in [0.1, 0.15) is 36.0 Å². The fourth-order valence-corrected chi connectivity index (χ4v) is 2.98. The first-order valence-electron chi connectivity index (χ1n) is 7.39. The highest BCUT2D eigenvalue weighted by Gasteiger charge is 2.34. The maximum Gasteiger partial charge on any atom is 0.251 e. The number of carbonyl (C=O) groups is 1. The van der Waals surface area contributed by atoms with Crippen LogP contribution in [0.15, 0.2) is 48.8 Å². The highest BCUT2D eigenvalue weighted by molar-refractivity contribution is 5.94. The van der Waals surface area contributed by atoms with E-state index in [1.54, 1.807) is 0 Å². The number of hydrogen-bond donors (Lipinski definition) is 2. The molecule has 1 aliphatic carbocycles. The van der Waals surface area contributed by atoms with Crippen molar-refractivity contribution in [3.8, 4) is 5.69 Å². The lowest BCUT2D eigenvalue weighted by atomic mass is 9.98. The van der Waals surface area contributed by atoms with Crippen molar-refractivity contribution in [2.75, 3.05) is 6.61 Å². The molecule has 1 aromatic heterocycles. The van der Waals surface area contributed by atoms with E-state index in [4.69, 9.17) is 0 Å². The number of hydrogen-bond acceptors (Lipinski definition) is 2. The van der Waals surface area contributed by atoms with E-state index in [1.807, 2.05) is 53.4 Å². The number of benzene rings is 1. The maximum atomic E-state index is 12.3. The van der Waals surface area contributed by atoms with Gasteiger partial charge in [-0.15, -0.1) is 0 Å². The summed E-state index contributed by atoms with van der Waals surface area (Å²) in [6.07, 6.45) is 7.77. The predicted octanol–water partition coefficient (Wildman–Crippen LogP) is 2.51. The molecule has 1 saturated carbocycles. The molecule has 0 spiro atoms. The summed E-state index contributed by atoms with van der Waals surface area (Å²) >= 11 is 0. The van der Waals surface area contributed by atoms with Gasteiger partial charge in [-0.25, -0.2) is 0 Å². The zero-order valence-corrected chi connectivity index (χ0v) is 12.0. The highest BCUT2D eigenvalue weighted by Crippen LogP contribution is 2.29. The topological polar surface area (TPSA) is 54.3 Å². The zero-order chi connectivity index (χ0) is 14.7. The van der Waals surface area contributed by atoms with Crippen molar-refractivity contribution in [1.29, 1.82) is 0 Å². The lowest BCUT2D eigenvalue weighted by Crippen LogP contribution is -2.49. The number of amides is 1. The van der Waals surface area contributed by atoms with Gasteiger partial charge in [0.15, 0.2) is 0 Å². The molecule has 2 N–H and O–H groups in total. The van der Waals surface area contributed by atoms with Crippen LogP contribution in [-0.4, -0.2) is 27.7 Å². The van der Waals surface area contributed by atoms with Gasteiger partial charge in [0.25, 0.3) is 5.91 Å². The summed E-state index contributed by atoms with van der Waals surface area (Å²) in [6, 6.07) is 11.4. The van der Waals surface area contributed by atoms with Crippen molar-refractivity contribution in [1.82, 2.24) is 9.88 Å². The largest absolute Gasteiger partial charge is 0.394 e. The van der Waals surface area contributed by atoms with E-state index in [2.05, 4.69) is 5.32 Å². The SMILES string of the molecule is O=C(NC1(CO)CCCC1)c1ccc(-n2cccc2)cc1. The molecule has 1 heterocycles.